The summed E-state index contributed by atoms with van der Waals surface area (Å²) in [6.45, 7) is 4.85. The second kappa shape index (κ2) is 41.5. The largest absolute Gasteiger partial charge is 0.441 e. The van der Waals surface area contributed by atoms with Crippen LogP contribution in [0, 0.1) is 6.92 Å². The molecule has 0 saturated carbocycles. The highest BCUT2D eigenvalue weighted by atomic mass is 32.1. The molecule has 4 aromatic rings. The molecule has 3 saturated heterocycles. The molecule has 0 aromatic carbocycles. The van der Waals surface area contributed by atoms with E-state index in [9.17, 15) is 84.9 Å². The number of nitrogens with zero attached hydrogens (tertiary/aromatic N) is 5. The van der Waals surface area contributed by atoms with Crippen LogP contribution < -0.4 is 77.4 Å². The summed E-state index contributed by atoms with van der Waals surface area (Å²) in [4.78, 5) is 132. The first kappa shape index (κ1) is 89.2. The van der Waals surface area contributed by atoms with Crippen LogP contribution in [0.3, 0.4) is 0 Å². The Bertz CT molecular complexity index is 3690. The van der Waals surface area contributed by atoms with Crippen molar-refractivity contribution in [3.05, 3.63) is 56.8 Å². The first-order chi connectivity index (χ1) is 52.1. The van der Waals surface area contributed by atoms with E-state index in [1.807, 2.05) is 0 Å². The molecular weight excluding hydrogens is 1500 g/mol. The fourth-order valence-electron chi connectivity index (χ4n) is 11.4. The molecule has 0 unspecified atom stereocenters. The lowest BCUT2D eigenvalue weighted by atomic mass is 9.97. The average molecular weight is 1600 g/mol. The molecule has 8 amide bonds. The van der Waals surface area contributed by atoms with Crippen LogP contribution in [0.2, 0.25) is 0 Å². The number of nitrogens with one attached hydrogen (secondary N) is 8. The van der Waals surface area contributed by atoms with E-state index in [4.69, 9.17) is 73.3 Å². The predicted molar refractivity (Wildman–Crippen MR) is 377 cm³/mol. The van der Waals surface area contributed by atoms with Gasteiger partial charge in [-0.2, -0.15) is 0 Å². The van der Waals surface area contributed by atoms with Crippen LogP contribution in [0.15, 0.2) is 23.3 Å². The van der Waals surface area contributed by atoms with Crippen LogP contribution in [0.4, 0.5) is 10.6 Å². The molecule has 0 bridgehead atoms. The number of aliphatic hydroxyl groups is 11. The third-order valence-corrected chi connectivity index (χ3v) is 19.6. The summed E-state index contributed by atoms with van der Waals surface area (Å²) in [5.41, 5.74) is 39.0. The molecule has 33 N–H and O–H groups in total. The van der Waals surface area contributed by atoms with Crippen LogP contribution in [-0.4, -0.2) is 314 Å². The van der Waals surface area contributed by atoms with Crippen molar-refractivity contribution in [2.24, 2.45) is 34.4 Å². The Morgan fingerprint density at radius 3 is 2.05 bits per heavy atom. The van der Waals surface area contributed by atoms with Crippen molar-refractivity contribution in [3.8, 4) is 10.7 Å². The smallest absolute Gasteiger partial charge is 0.404 e. The van der Waals surface area contributed by atoms with E-state index in [2.05, 4.69) is 67.1 Å². The first-order valence-corrected chi connectivity index (χ1v) is 36.3. The van der Waals surface area contributed by atoms with Gasteiger partial charge in [-0.25, -0.2) is 29.7 Å². The number of carbonyl (C=O) groups is 8. The highest BCUT2D eigenvalue weighted by Gasteiger charge is 2.54. The maximum Gasteiger partial charge on any atom is 0.404 e. The molecule has 0 aliphatic carbocycles. The van der Waals surface area contributed by atoms with Crippen molar-refractivity contribution in [3.63, 3.8) is 0 Å². The fraction of sp³-hybridized carbons (Fsp3) is 0.661. The summed E-state index contributed by atoms with van der Waals surface area (Å²) in [6, 6.07) is -9.66. The third-order valence-electron chi connectivity index (χ3n) is 17.8. The molecule has 25 atom stereocenters. The Hall–Kier alpha value is -7.97. The zero-order valence-corrected chi connectivity index (χ0v) is 61.5. The topological polar surface area (TPSA) is 770 Å². The summed E-state index contributed by atoms with van der Waals surface area (Å²) in [7, 11) is 0. The lowest BCUT2D eigenvalue weighted by Gasteiger charge is -2.47. The number of ether oxygens (including phenoxy) is 7. The summed E-state index contributed by atoms with van der Waals surface area (Å²) >= 11 is 1.90. The van der Waals surface area contributed by atoms with Gasteiger partial charge in [-0.05, 0) is 66.6 Å². The van der Waals surface area contributed by atoms with Gasteiger partial charge in [-0.15, -0.1) is 22.7 Å². The number of anilines is 1. The van der Waals surface area contributed by atoms with Gasteiger partial charge in [-0.3, -0.25) is 33.6 Å². The second-order valence-electron chi connectivity index (χ2n) is 26.1. The number of aromatic amines is 1. The number of amides is 8. The van der Waals surface area contributed by atoms with Crippen molar-refractivity contribution in [2.75, 3.05) is 51.7 Å². The first-order valence-electron chi connectivity index (χ1n) is 34.6. The van der Waals surface area contributed by atoms with Crippen LogP contribution >= 0.6 is 22.7 Å². The Morgan fingerprint density at radius 2 is 1.40 bits per heavy atom. The second-order valence-corrected chi connectivity index (χ2v) is 27.9. The van der Waals surface area contributed by atoms with Gasteiger partial charge in [0.15, 0.2) is 37.3 Å². The number of unbranched alkanes of at least 4 members (excludes halogenated alkanes) is 1. The number of nitrogen functional groups attached to an aromatic ring is 1. The number of aromatic nitrogens is 6. The third kappa shape index (κ3) is 23.6. The van der Waals surface area contributed by atoms with Crippen molar-refractivity contribution >= 4 is 75.9 Å². The minimum atomic E-state index is -2.26. The molecule has 110 heavy (non-hydrogen) atoms. The molecular formula is C62H98N20O26S2. The molecule has 48 heteroatoms. The predicted octanol–water partition coefficient (Wildman–Crippen LogP) is -10.9. The number of carbonyl (C=O) groups excluding carboxylic acids is 8. The van der Waals surface area contributed by atoms with Gasteiger partial charge in [0, 0.05) is 35.8 Å². The highest BCUT2D eigenvalue weighted by Crippen LogP contribution is 2.36. The van der Waals surface area contributed by atoms with E-state index >= 15 is 9.59 Å². The number of primary amides is 3. The van der Waals surface area contributed by atoms with E-state index in [1.165, 1.54) is 24.6 Å². The summed E-state index contributed by atoms with van der Waals surface area (Å²) in [6.07, 6.45) is -35.3. The van der Waals surface area contributed by atoms with Crippen LogP contribution in [0.1, 0.15) is 114 Å². The number of aliphatic hydroxyl groups excluding tert-OH is 11. The average Bonchev–Trinajstić information content (AvgIpc) is 0.812. The van der Waals surface area contributed by atoms with Gasteiger partial charge in [-0.1, -0.05) is 0 Å². The summed E-state index contributed by atoms with van der Waals surface area (Å²) < 4.78 is 40.4. The summed E-state index contributed by atoms with van der Waals surface area (Å²) in [5, 5.41) is 144. The Kier molecular flexibility index (Phi) is 33.7. The molecule has 0 spiro atoms. The van der Waals surface area contributed by atoms with Gasteiger partial charge < -0.3 is 172 Å². The van der Waals surface area contributed by atoms with E-state index < -0.39 is 250 Å². The molecule has 4 aromatic heterocycles. The number of H-pyrrole nitrogens is 1. The maximum absolute atomic E-state index is 15.3. The quantitative estimate of drug-likeness (QED) is 0.0145. The van der Waals surface area contributed by atoms with Gasteiger partial charge >= 0.3 is 6.09 Å². The van der Waals surface area contributed by atoms with Gasteiger partial charge in [0.2, 0.25) is 29.5 Å². The van der Waals surface area contributed by atoms with Crippen LogP contribution in [0.25, 0.3) is 10.7 Å². The number of imidazole rings is 1. The molecule has 3 aliphatic rings. The zero-order valence-electron chi connectivity index (χ0n) is 59.9. The number of hydrogen-bond donors (Lipinski definition) is 26. The minimum absolute atomic E-state index is 0.0775. The van der Waals surface area contributed by atoms with Crippen molar-refractivity contribution in [1.82, 2.24) is 67.1 Å². The van der Waals surface area contributed by atoms with Gasteiger partial charge in [0.25, 0.3) is 11.8 Å². The van der Waals surface area contributed by atoms with Crippen molar-refractivity contribution in [1.29, 1.82) is 0 Å². The van der Waals surface area contributed by atoms with Gasteiger partial charge in [0.05, 0.1) is 80.3 Å². The molecule has 0 radical (unpaired) electrons. The lowest BCUT2D eigenvalue weighted by molar-refractivity contribution is -0.372. The molecule has 614 valence electrons. The molecule has 3 aliphatic heterocycles. The zero-order chi connectivity index (χ0) is 81.1. The Labute approximate surface area is 634 Å². The Balaban J connectivity index is 1.16. The SMILES string of the molecule is Cc1c(N)nc([C@H](CC(N)=O)NC[C@@H](N)C(N)=O)nc1C(=O)N[C@H](C(=O)N[C@H](C)[C@@H](O)CC(=O)N[C@@H](C(=O)N[C@H](O[C@@H]1O[C@@H](C)[C@@H](N)[C@@H](O)[C@H]1O)[C@H](O)c1nc(-c2nc(C(=O)NCCCNCCCCN)cs2)cs1)[C@@H](C)O)[C@H](O[C@@H]1O[C@@H](CO)[C@H](O)[C@@H](O)[C@@H]1O[C@H]1O[C@H](CO)[C@@H](O)[C@@H](OC(N)=O)[C@@H]1O)c1cnc[nH]1. The fourth-order valence-corrected chi connectivity index (χ4v) is 13.0. The summed E-state index contributed by atoms with van der Waals surface area (Å²) in [5.74, 6) is -8.29. The van der Waals surface area contributed by atoms with Crippen LogP contribution in [0.5, 0.6) is 0 Å². The standard InChI is InChI=1S/C62H98N20O26S2/c1-21-36(79-51(81-49(21)67)26(12-33(65)87)73-14-25(64)50(68)96)53(98)80-38(46(27-15-71-20-74-27)105-61-48(42(92)39(89)31(16-83)104-61)106-60-44(94)47(107-62(69)101)40(90)32(17-84)103-60)55(100)75-22(2)30(86)13-34(88)78-37(23(3)85)54(99)82-56(108-59-43(93)41(91)35(66)24(4)102-59)45(95)58-77-29(19-110-58)57-76-28(18-109-57)52(97)72-11-7-10-70-9-6-5-8-63/h15,18-20,22-26,30-32,35,37-48,56,59-61,70,73,83-86,89-95H,5-14,16-17,63-64,66H2,1-4H3,(H2,65,87)(H2,68,96)(H2,69,101)(H,71,74)(H,72,97)(H,75,100)(H,78,88)(H,80,98)(H,82,99)(H2,67,79,81)/t22-,23-,24+,25-,26+,30+,31+,32-,35-,37-,38+,39+,40-,41-,42-,43-,44+,45+,46-,47-,48+,56-,59+,60-,61+/m1/s1. The maximum atomic E-state index is 15.3. The Morgan fingerprint density at radius 1 is 0.718 bits per heavy atom. The van der Waals surface area contributed by atoms with Crippen molar-refractivity contribution in [2.45, 2.75) is 213 Å². The van der Waals surface area contributed by atoms with E-state index in [0.717, 1.165) is 68.4 Å². The lowest BCUT2D eigenvalue weighted by Crippen LogP contribution is -2.65. The monoisotopic (exact) mass is 1600 g/mol. The van der Waals surface area contributed by atoms with Crippen molar-refractivity contribution < 1.29 is 128 Å². The molecule has 3 fully saturated rings. The number of rotatable bonds is 41. The molecule has 7 rings (SSSR count). The van der Waals surface area contributed by atoms with E-state index in [0.29, 0.717) is 26.1 Å². The normalized spacial score (nSPS) is 26.9. The number of nitrogens with two attached hydrogens (primary N) is 7. The number of hydrogen-bond acceptors (Lipinski definition) is 39. The molecule has 7 heterocycles. The van der Waals surface area contributed by atoms with E-state index in [1.54, 1.807) is 0 Å². The number of thiazole rings is 2. The van der Waals surface area contributed by atoms with Gasteiger partial charge in [0.1, 0.15) is 112 Å². The van der Waals surface area contributed by atoms with Crippen LogP contribution in [-0.2, 0) is 57.1 Å². The highest BCUT2D eigenvalue weighted by molar-refractivity contribution is 7.14. The molecule has 46 nitrogen and oxygen atoms in total. The van der Waals surface area contributed by atoms with E-state index in [-0.39, 0.29) is 32.7 Å². The minimum Gasteiger partial charge on any atom is -0.441 e.